The van der Waals surface area contributed by atoms with E-state index in [-0.39, 0.29) is 5.88 Å². The van der Waals surface area contributed by atoms with Crippen LogP contribution in [0.3, 0.4) is 0 Å². The van der Waals surface area contributed by atoms with Gasteiger partial charge in [-0.2, -0.15) is 0 Å². The van der Waals surface area contributed by atoms with Crippen LogP contribution in [-0.2, 0) is 14.3 Å². The van der Waals surface area contributed by atoms with Gasteiger partial charge in [-0.1, -0.05) is 0 Å². The Labute approximate surface area is 100 Å². The fourth-order valence-electron chi connectivity index (χ4n) is 1.22. The number of alkyl halides is 1. The van der Waals surface area contributed by atoms with Gasteiger partial charge in [-0.3, -0.25) is 4.79 Å². The van der Waals surface area contributed by atoms with Crippen molar-refractivity contribution < 1.29 is 19.4 Å². The van der Waals surface area contributed by atoms with Crippen molar-refractivity contribution in [2.75, 3.05) is 5.88 Å². The van der Waals surface area contributed by atoms with Crippen LogP contribution in [0.25, 0.3) is 0 Å². The van der Waals surface area contributed by atoms with Gasteiger partial charge in [0.15, 0.2) is 6.04 Å². The maximum absolute atomic E-state index is 11.0. The Morgan fingerprint density at radius 2 is 1.94 bits per heavy atom. The number of aliphatic carboxylic acids is 1. The van der Waals surface area contributed by atoms with E-state index >= 15 is 0 Å². The van der Waals surface area contributed by atoms with Crippen molar-refractivity contribution in [2.45, 2.75) is 45.4 Å². The molecule has 5 nitrogen and oxygen atoms in total. The third-order valence-electron chi connectivity index (χ3n) is 1.71. The number of hydrogen-bond donors (Lipinski definition) is 2. The van der Waals surface area contributed by atoms with Gasteiger partial charge in [0.1, 0.15) is 5.88 Å². The van der Waals surface area contributed by atoms with Gasteiger partial charge in [0, 0.05) is 0 Å². The molecule has 16 heavy (non-hydrogen) atoms. The zero-order valence-corrected chi connectivity index (χ0v) is 10.7. The molecule has 0 heterocycles. The monoisotopic (exact) mass is 251 g/mol. The minimum Gasteiger partial charge on any atom is -0.480 e. The Morgan fingerprint density at radius 3 is 2.25 bits per heavy atom. The summed E-state index contributed by atoms with van der Waals surface area (Å²) >= 11 is 5.29. The van der Waals surface area contributed by atoms with Crippen LogP contribution in [0.5, 0.6) is 0 Å². The number of halogens is 1. The zero-order valence-electron chi connectivity index (χ0n) is 9.91. The Bertz CT molecular complexity index is 262. The summed E-state index contributed by atoms with van der Waals surface area (Å²) in [5.74, 6) is -1.94. The second-order valence-corrected chi connectivity index (χ2v) is 4.72. The van der Waals surface area contributed by atoms with Crippen molar-refractivity contribution in [3.8, 4) is 0 Å². The summed E-state index contributed by atoms with van der Waals surface area (Å²) in [6, 6.07) is -1.09. The summed E-state index contributed by atoms with van der Waals surface area (Å²) in [6.07, 6.45) is -0.635. The smallest absolute Gasteiger partial charge is 0.328 e. The lowest BCUT2D eigenvalue weighted by Gasteiger charge is -2.29. The van der Waals surface area contributed by atoms with Crippen molar-refractivity contribution in [1.82, 2.24) is 5.32 Å². The van der Waals surface area contributed by atoms with E-state index in [9.17, 15) is 9.59 Å². The maximum Gasteiger partial charge on any atom is 0.328 e. The first kappa shape index (κ1) is 15.2. The van der Waals surface area contributed by atoms with Crippen molar-refractivity contribution >= 4 is 23.5 Å². The van der Waals surface area contributed by atoms with E-state index in [4.69, 9.17) is 21.4 Å². The van der Waals surface area contributed by atoms with Crippen molar-refractivity contribution in [2.24, 2.45) is 0 Å². The molecule has 0 aliphatic carbocycles. The first-order chi connectivity index (χ1) is 7.17. The lowest BCUT2D eigenvalue weighted by molar-refractivity contribution is -0.149. The van der Waals surface area contributed by atoms with Gasteiger partial charge in [0.2, 0.25) is 5.91 Å². The third kappa shape index (κ3) is 5.92. The molecule has 0 radical (unpaired) electrons. The minimum atomic E-state index is -1.14. The van der Waals surface area contributed by atoms with E-state index in [1.165, 1.54) is 0 Å². The molecule has 1 amide bonds. The molecular weight excluding hydrogens is 234 g/mol. The Hall–Kier alpha value is -0.810. The Kier molecular flexibility index (Phi) is 5.75. The SMILES string of the molecule is C[C@@H](OC(C)(C)C)[C@H](NC(=O)CCl)C(=O)O. The molecule has 2 atom stereocenters. The van der Waals surface area contributed by atoms with Gasteiger partial charge in [-0.25, -0.2) is 4.79 Å². The summed E-state index contributed by atoms with van der Waals surface area (Å²) in [4.78, 5) is 22.0. The molecule has 0 aliphatic rings. The van der Waals surface area contributed by atoms with Gasteiger partial charge in [-0.05, 0) is 27.7 Å². The second-order valence-electron chi connectivity index (χ2n) is 4.45. The van der Waals surface area contributed by atoms with Crippen LogP contribution >= 0.6 is 11.6 Å². The van der Waals surface area contributed by atoms with Crippen molar-refractivity contribution in [3.05, 3.63) is 0 Å². The van der Waals surface area contributed by atoms with Crippen LogP contribution in [-0.4, -0.2) is 40.6 Å². The van der Waals surface area contributed by atoms with Gasteiger partial charge in [0.05, 0.1) is 11.7 Å². The predicted octanol–water partition coefficient (Wildman–Crippen LogP) is 0.998. The van der Waals surface area contributed by atoms with Crippen LogP contribution < -0.4 is 5.32 Å². The molecule has 6 heteroatoms. The van der Waals surface area contributed by atoms with Gasteiger partial charge >= 0.3 is 5.97 Å². The van der Waals surface area contributed by atoms with Crippen LogP contribution in [0.1, 0.15) is 27.7 Å². The summed E-state index contributed by atoms with van der Waals surface area (Å²) in [5, 5.41) is 11.2. The number of carboxylic acids is 1. The highest BCUT2D eigenvalue weighted by Gasteiger charge is 2.29. The molecule has 0 aromatic rings. The first-order valence-corrected chi connectivity index (χ1v) is 5.47. The zero-order chi connectivity index (χ0) is 12.9. The molecule has 0 fully saturated rings. The van der Waals surface area contributed by atoms with Gasteiger partial charge in [0.25, 0.3) is 0 Å². The van der Waals surface area contributed by atoms with E-state index in [1.54, 1.807) is 6.92 Å². The standard InChI is InChI=1S/C10H18ClNO4/c1-6(16-10(2,3)4)8(9(14)15)12-7(13)5-11/h6,8H,5H2,1-4H3,(H,12,13)(H,14,15)/t6-,8+/m1/s1. The van der Waals surface area contributed by atoms with Crippen LogP contribution in [0.4, 0.5) is 0 Å². The number of ether oxygens (including phenoxy) is 1. The predicted molar refractivity (Wildman–Crippen MR) is 60.6 cm³/mol. The fourth-order valence-corrected chi connectivity index (χ4v) is 1.29. The summed E-state index contributed by atoms with van der Waals surface area (Å²) < 4.78 is 5.47. The lowest BCUT2D eigenvalue weighted by atomic mass is 10.1. The summed E-state index contributed by atoms with van der Waals surface area (Å²) in [6.45, 7) is 7.03. The molecule has 0 aromatic carbocycles. The summed E-state index contributed by atoms with van der Waals surface area (Å²) in [5.41, 5.74) is -0.473. The highest BCUT2D eigenvalue weighted by molar-refractivity contribution is 6.27. The highest BCUT2D eigenvalue weighted by Crippen LogP contribution is 2.13. The first-order valence-electron chi connectivity index (χ1n) is 4.93. The topological polar surface area (TPSA) is 75.6 Å². The normalized spacial score (nSPS) is 15.3. The number of rotatable bonds is 5. The van der Waals surface area contributed by atoms with Crippen LogP contribution in [0, 0.1) is 0 Å². The molecule has 0 saturated carbocycles. The van der Waals surface area contributed by atoms with Crippen molar-refractivity contribution in [1.29, 1.82) is 0 Å². The quantitative estimate of drug-likeness (QED) is 0.715. The molecule has 0 bridgehead atoms. The average Bonchev–Trinajstić information content (AvgIpc) is 2.09. The number of carbonyl (C=O) groups is 2. The molecule has 0 aromatic heterocycles. The number of carboxylic acid groups (broad SMARTS) is 1. The molecular formula is C10H18ClNO4. The highest BCUT2D eigenvalue weighted by atomic mass is 35.5. The summed E-state index contributed by atoms with van der Waals surface area (Å²) in [7, 11) is 0. The van der Waals surface area contributed by atoms with Crippen LogP contribution in [0.2, 0.25) is 0 Å². The number of hydrogen-bond acceptors (Lipinski definition) is 3. The molecule has 94 valence electrons. The minimum absolute atomic E-state index is 0.272. The van der Waals surface area contributed by atoms with Crippen molar-refractivity contribution in [3.63, 3.8) is 0 Å². The van der Waals surface area contributed by atoms with E-state index in [2.05, 4.69) is 5.32 Å². The molecule has 0 spiro atoms. The fraction of sp³-hybridized carbons (Fsp3) is 0.800. The largest absolute Gasteiger partial charge is 0.480 e. The lowest BCUT2D eigenvalue weighted by Crippen LogP contribution is -2.50. The average molecular weight is 252 g/mol. The maximum atomic E-state index is 11.0. The van der Waals surface area contributed by atoms with E-state index in [1.807, 2.05) is 20.8 Å². The number of amides is 1. The van der Waals surface area contributed by atoms with Gasteiger partial charge in [-0.15, -0.1) is 11.6 Å². The van der Waals surface area contributed by atoms with E-state index < -0.39 is 29.6 Å². The molecule has 2 N–H and O–H groups in total. The third-order valence-corrected chi connectivity index (χ3v) is 1.96. The van der Waals surface area contributed by atoms with Crippen LogP contribution in [0.15, 0.2) is 0 Å². The molecule has 0 aliphatic heterocycles. The Morgan fingerprint density at radius 1 is 1.44 bits per heavy atom. The van der Waals surface area contributed by atoms with E-state index in [0.29, 0.717) is 0 Å². The molecule has 0 rings (SSSR count). The molecule has 0 saturated heterocycles. The second kappa shape index (κ2) is 6.06. The Balaban J connectivity index is 4.53. The van der Waals surface area contributed by atoms with Gasteiger partial charge < -0.3 is 15.2 Å². The molecule has 0 unspecified atom stereocenters. The van der Waals surface area contributed by atoms with E-state index in [0.717, 1.165) is 0 Å². The number of nitrogens with one attached hydrogen (secondary N) is 1. The number of carbonyl (C=O) groups excluding carboxylic acids is 1.